The molecule has 0 aliphatic carbocycles. The van der Waals surface area contributed by atoms with Crippen molar-refractivity contribution < 1.29 is 19.0 Å². The monoisotopic (exact) mass is 449 g/mol. The maximum absolute atomic E-state index is 11.5. The molecule has 7 nitrogen and oxygen atoms in total. The van der Waals surface area contributed by atoms with E-state index in [4.69, 9.17) is 31.5 Å². The number of nitrogens with two attached hydrogens (primary N) is 1. The number of halogens is 1. The van der Waals surface area contributed by atoms with Gasteiger partial charge < -0.3 is 19.9 Å². The minimum atomic E-state index is -0.473. The molecular formula is C21H24ClN3O4S. The summed E-state index contributed by atoms with van der Waals surface area (Å²) in [5.74, 6) is 1.00. The van der Waals surface area contributed by atoms with Gasteiger partial charge >= 0.3 is 5.97 Å². The van der Waals surface area contributed by atoms with Gasteiger partial charge in [-0.15, -0.1) is 5.10 Å². The van der Waals surface area contributed by atoms with Crippen LogP contribution in [0.3, 0.4) is 0 Å². The van der Waals surface area contributed by atoms with Gasteiger partial charge in [0.1, 0.15) is 0 Å². The highest BCUT2D eigenvalue weighted by Gasteiger charge is 2.12. The van der Waals surface area contributed by atoms with E-state index in [0.717, 1.165) is 5.56 Å². The lowest BCUT2D eigenvalue weighted by Gasteiger charge is -2.13. The van der Waals surface area contributed by atoms with Crippen LogP contribution in [0.15, 0.2) is 52.7 Å². The number of rotatable bonds is 10. The summed E-state index contributed by atoms with van der Waals surface area (Å²) in [4.78, 5) is 11.5. The van der Waals surface area contributed by atoms with E-state index in [-0.39, 0.29) is 13.2 Å². The predicted molar refractivity (Wildman–Crippen MR) is 122 cm³/mol. The van der Waals surface area contributed by atoms with Crippen LogP contribution < -0.4 is 15.2 Å². The van der Waals surface area contributed by atoms with Gasteiger partial charge in [0.25, 0.3) is 0 Å². The molecule has 0 fully saturated rings. The number of carbonyl (C=O) groups is 1. The fraction of sp³-hybridized carbons (Fsp3) is 0.286. The van der Waals surface area contributed by atoms with Crippen LogP contribution in [0.2, 0.25) is 5.02 Å². The molecule has 0 spiro atoms. The van der Waals surface area contributed by atoms with Gasteiger partial charge in [-0.3, -0.25) is 0 Å². The van der Waals surface area contributed by atoms with Gasteiger partial charge in [0, 0.05) is 17.4 Å². The molecule has 0 atom stereocenters. The number of benzene rings is 2. The van der Waals surface area contributed by atoms with Crippen molar-refractivity contribution in [1.82, 2.24) is 0 Å². The molecular weight excluding hydrogens is 426 g/mol. The van der Waals surface area contributed by atoms with Gasteiger partial charge in [-0.1, -0.05) is 53.7 Å². The van der Waals surface area contributed by atoms with Crippen molar-refractivity contribution in [3.05, 3.63) is 58.6 Å². The largest absolute Gasteiger partial charge is 0.490 e. The summed E-state index contributed by atoms with van der Waals surface area (Å²) >= 11 is 7.69. The maximum Gasteiger partial charge on any atom is 0.344 e. The zero-order chi connectivity index (χ0) is 21.8. The summed E-state index contributed by atoms with van der Waals surface area (Å²) in [6, 6.07) is 13.2. The molecule has 0 radical (unpaired) electrons. The molecule has 0 aliphatic heterocycles. The number of esters is 1. The first kappa shape index (κ1) is 23.6. The number of carbonyl (C=O) groups excluding carboxylic acids is 1. The SMILES string of the molecule is CCOC(=O)COc1cc(Cl)c(C=NN=C(N)SCc2ccccc2)cc1OCC. The van der Waals surface area contributed by atoms with Crippen LogP contribution in [0.1, 0.15) is 25.0 Å². The molecule has 2 aromatic carbocycles. The molecule has 30 heavy (non-hydrogen) atoms. The number of hydrogen-bond donors (Lipinski definition) is 1. The smallest absolute Gasteiger partial charge is 0.344 e. The fourth-order valence-corrected chi connectivity index (χ4v) is 3.09. The van der Waals surface area contributed by atoms with E-state index in [1.165, 1.54) is 18.0 Å². The van der Waals surface area contributed by atoms with E-state index in [2.05, 4.69) is 10.2 Å². The van der Waals surface area contributed by atoms with Crippen molar-refractivity contribution in [2.45, 2.75) is 19.6 Å². The van der Waals surface area contributed by atoms with E-state index in [0.29, 0.717) is 39.6 Å². The van der Waals surface area contributed by atoms with Crippen molar-refractivity contribution in [2.24, 2.45) is 15.9 Å². The second kappa shape index (κ2) is 12.8. The van der Waals surface area contributed by atoms with Gasteiger partial charge in [0.2, 0.25) is 0 Å². The van der Waals surface area contributed by atoms with E-state index in [9.17, 15) is 4.79 Å². The van der Waals surface area contributed by atoms with Gasteiger partial charge in [0.15, 0.2) is 23.3 Å². The van der Waals surface area contributed by atoms with Gasteiger partial charge in [-0.25, -0.2) is 4.79 Å². The van der Waals surface area contributed by atoms with E-state index >= 15 is 0 Å². The molecule has 0 amide bonds. The van der Waals surface area contributed by atoms with Crippen molar-refractivity contribution in [2.75, 3.05) is 19.8 Å². The van der Waals surface area contributed by atoms with Crippen molar-refractivity contribution in [3.8, 4) is 11.5 Å². The summed E-state index contributed by atoms with van der Waals surface area (Å²) in [6.07, 6.45) is 1.48. The van der Waals surface area contributed by atoms with Crippen molar-refractivity contribution in [3.63, 3.8) is 0 Å². The highest BCUT2D eigenvalue weighted by molar-refractivity contribution is 8.13. The molecule has 2 N–H and O–H groups in total. The third-order valence-electron chi connectivity index (χ3n) is 3.60. The zero-order valence-electron chi connectivity index (χ0n) is 16.8. The minimum absolute atomic E-state index is 0.239. The third-order valence-corrected chi connectivity index (χ3v) is 4.78. The Kier molecular flexibility index (Phi) is 10.0. The number of ether oxygens (including phenoxy) is 3. The Labute approximate surface area is 185 Å². The first-order valence-electron chi connectivity index (χ1n) is 9.31. The lowest BCUT2D eigenvalue weighted by Crippen LogP contribution is -2.15. The first-order chi connectivity index (χ1) is 14.5. The van der Waals surface area contributed by atoms with Crippen molar-refractivity contribution >= 4 is 40.7 Å². The number of hydrogen-bond acceptors (Lipinski definition) is 7. The lowest BCUT2D eigenvalue weighted by atomic mass is 10.2. The normalized spacial score (nSPS) is 11.5. The van der Waals surface area contributed by atoms with Crippen molar-refractivity contribution in [1.29, 1.82) is 0 Å². The highest BCUT2D eigenvalue weighted by Crippen LogP contribution is 2.33. The molecule has 2 aromatic rings. The standard InChI is InChI=1S/C21H24ClN3O4S/c1-3-27-18-10-16(17(22)11-19(18)29-13-20(26)28-4-2)12-24-25-21(23)30-14-15-8-6-5-7-9-15/h5-12H,3-4,13-14H2,1-2H3,(H2,23,25). The van der Waals surface area contributed by atoms with Gasteiger partial charge in [-0.2, -0.15) is 5.10 Å². The molecule has 0 saturated carbocycles. The summed E-state index contributed by atoms with van der Waals surface area (Å²) < 4.78 is 15.9. The van der Waals surface area contributed by atoms with Crippen LogP contribution in [0.25, 0.3) is 0 Å². The van der Waals surface area contributed by atoms with Crippen LogP contribution >= 0.6 is 23.4 Å². The van der Waals surface area contributed by atoms with Crippen LogP contribution in [-0.2, 0) is 15.3 Å². The Hall–Kier alpha value is -2.71. The average Bonchev–Trinajstić information content (AvgIpc) is 2.74. The Morgan fingerprint density at radius 1 is 1.13 bits per heavy atom. The van der Waals surface area contributed by atoms with Gasteiger partial charge in [-0.05, 0) is 25.5 Å². The molecule has 160 valence electrons. The van der Waals surface area contributed by atoms with Gasteiger partial charge in [0.05, 0.1) is 24.5 Å². The quantitative estimate of drug-likeness (QED) is 0.252. The average molecular weight is 450 g/mol. The summed E-state index contributed by atoms with van der Waals surface area (Å²) in [6.45, 7) is 4.02. The minimum Gasteiger partial charge on any atom is -0.490 e. The van der Waals surface area contributed by atoms with Crippen LogP contribution in [0.5, 0.6) is 11.5 Å². The van der Waals surface area contributed by atoms with Crippen LogP contribution in [-0.4, -0.2) is 37.2 Å². The highest BCUT2D eigenvalue weighted by atomic mass is 35.5. The first-order valence-corrected chi connectivity index (χ1v) is 10.7. The molecule has 0 aromatic heterocycles. The van der Waals surface area contributed by atoms with E-state index < -0.39 is 5.97 Å². The second-order valence-electron chi connectivity index (χ2n) is 5.80. The van der Waals surface area contributed by atoms with Crippen LogP contribution in [0, 0.1) is 0 Å². The van der Waals surface area contributed by atoms with E-state index in [1.807, 2.05) is 37.3 Å². The zero-order valence-corrected chi connectivity index (χ0v) is 18.4. The number of thioether (sulfide) groups is 1. The van der Waals surface area contributed by atoms with Crippen LogP contribution in [0.4, 0.5) is 0 Å². The number of nitrogens with zero attached hydrogens (tertiary/aromatic N) is 2. The Morgan fingerprint density at radius 3 is 2.57 bits per heavy atom. The summed E-state index contributed by atoms with van der Waals surface area (Å²) in [7, 11) is 0. The Bertz CT molecular complexity index is 891. The molecule has 0 bridgehead atoms. The third kappa shape index (κ3) is 7.96. The topological polar surface area (TPSA) is 95.5 Å². The fourth-order valence-electron chi connectivity index (χ4n) is 2.28. The summed E-state index contributed by atoms with van der Waals surface area (Å²) in [5.41, 5.74) is 7.62. The molecule has 0 aliphatic rings. The summed E-state index contributed by atoms with van der Waals surface area (Å²) in [5, 5.41) is 8.70. The predicted octanol–water partition coefficient (Wildman–Crippen LogP) is 4.26. The second-order valence-corrected chi connectivity index (χ2v) is 7.21. The Morgan fingerprint density at radius 2 is 1.87 bits per heavy atom. The molecule has 0 unspecified atom stereocenters. The molecule has 0 saturated heterocycles. The number of amidine groups is 1. The molecule has 9 heteroatoms. The Balaban J connectivity index is 2.04. The maximum atomic E-state index is 11.5. The molecule has 0 heterocycles. The van der Waals surface area contributed by atoms with E-state index in [1.54, 1.807) is 19.1 Å². The molecule has 2 rings (SSSR count). The lowest BCUT2D eigenvalue weighted by molar-refractivity contribution is -0.145.